The molecule has 3 aromatic carbocycles. The molecule has 3 heterocycles. The maximum absolute atomic E-state index is 13.0. The predicted octanol–water partition coefficient (Wildman–Crippen LogP) is 5.54. The van der Waals surface area contributed by atoms with Crippen LogP contribution in [0.3, 0.4) is 0 Å². The van der Waals surface area contributed by atoms with Gasteiger partial charge in [-0.3, -0.25) is 4.79 Å². The number of hydrogen-bond acceptors (Lipinski definition) is 8. The minimum atomic E-state index is -0.123. The number of ether oxygens (including phenoxy) is 2. The summed E-state index contributed by atoms with van der Waals surface area (Å²) in [7, 11) is 3.19. The fraction of sp³-hybridized carbons (Fsp3) is 0.258. The van der Waals surface area contributed by atoms with Gasteiger partial charge in [0.15, 0.2) is 28.1 Å². The number of anilines is 1. The summed E-state index contributed by atoms with van der Waals surface area (Å²) in [6.07, 6.45) is 0.592. The van der Waals surface area contributed by atoms with Crippen molar-refractivity contribution in [2.45, 2.75) is 38.9 Å². The number of nitrogens with one attached hydrogen (secondary N) is 1. The minimum Gasteiger partial charge on any atom is -0.493 e. The van der Waals surface area contributed by atoms with Crippen molar-refractivity contribution in [3.05, 3.63) is 77.4 Å². The fourth-order valence-corrected chi connectivity index (χ4v) is 5.90. The molecule has 0 unspecified atom stereocenters. The van der Waals surface area contributed by atoms with Crippen molar-refractivity contribution >= 4 is 50.9 Å². The third-order valence-corrected chi connectivity index (χ3v) is 8.20. The first-order valence-electron chi connectivity index (χ1n) is 13.6. The van der Waals surface area contributed by atoms with E-state index in [2.05, 4.69) is 20.9 Å². The van der Waals surface area contributed by atoms with E-state index < -0.39 is 0 Å². The van der Waals surface area contributed by atoms with E-state index in [1.54, 1.807) is 18.7 Å². The van der Waals surface area contributed by atoms with Gasteiger partial charge in [0.05, 0.1) is 36.5 Å². The smallest absolute Gasteiger partial charge is 0.234 e. The number of carbonyl (C=O) groups is 1. The Hall–Kier alpha value is -4.64. The zero-order chi connectivity index (χ0) is 29.4. The first kappa shape index (κ1) is 27.5. The largest absolute Gasteiger partial charge is 0.493 e. The van der Waals surface area contributed by atoms with Crippen LogP contribution in [0.15, 0.2) is 59.8 Å². The maximum Gasteiger partial charge on any atom is 0.234 e. The standard InChI is InChI=1S/C31H31N7O3S/c1-18-9-8-10-19(2)29(18)35-28(39)17-42-31-33-23-16-26(41-5)25(40-4)15-21(23)30-34-27(36-38(30)31)13-14-37-20(3)32-22-11-6-7-12-24(22)37/h6-12,15-16H,13-14,17H2,1-5H3,(H,35,39). The van der Waals surface area contributed by atoms with Crippen LogP contribution in [0.2, 0.25) is 0 Å². The highest BCUT2D eigenvalue weighted by Crippen LogP contribution is 2.34. The van der Waals surface area contributed by atoms with Crippen LogP contribution in [0.5, 0.6) is 11.5 Å². The number of para-hydroxylation sites is 3. The van der Waals surface area contributed by atoms with Crippen LogP contribution in [-0.4, -0.2) is 55.0 Å². The van der Waals surface area contributed by atoms with Gasteiger partial charge in [-0.15, -0.1) is 5.10 Å². The SMILES string of the molecule is COc1cc2nc(SCC(=O)Nc3c(C)cccc3C)n3nc(CCn4c(C)nc5ccccc54)nc3c2cc1OC. The monoisotopic (exact) mass is 581 g/mol. The van der Waals surface area contributed by atoms with E-state index in [1.807, 2.05) is 69.3 Å². The molecule has 42 heavy (non-hydrogen) atoms. The molecule has 0 saturated carbocycles. The number of rotatable bonds is 9. The first-order chi connectivity index (χ1) is 20.4. The molecule has 214 valence electrons. The van der Waals surface area contributed by atoms with Gasteiger partial charge < -0.3 is 19.4 Å². The zero-order valence-corrected chi connectivity index (χ0v) is 25.0. The topological polar surface area (TPSA) is 108 Å². The number of aromatic nitrogens is 6. The number of methoxy groups -OCH3 is 2. The van der Waals surface area contributed by atoms with E-state index in [4.69, 9.17) is 24.5 Å². The molecule has 6 aromatic rings. The van der Waals surface area contributed by atoms with E-state index >= 15 is 0 Å². The molecular formula is C31H31N7O3S. The lowest BCUT2D eigenvalue weighted by Crippen LogP contribution is -2.16. The Morgan fingerprint density at radius 3 is 2.40 bits per heavy atom. The Labute approximate surface area is 247 Å². The Morgan fingerprint density at radius 2 is 1.64 bits per heavy atom. The van der Waals surface area contributed by atoms with Crippen molar-refractivity contribution < 1.29 is 14.3 Å². The number of imidazole rings is 1. The summed E-state index contributed by atoms with van der Waals surface area (Å²) < 4.78 is 15.0. The fourth-order valence-electron chi connectivity index (χ4n) is 5.16. The summed E-state index contributed by atoms with van der Waals surface area (Å²) in [5.74, 6) is 2.78. The molecule has 0 fully saturated rings. The van der Waals surface area contributed by atoms with Gasteiger partial charge in [-0.1, -0.05) is 42.1 Å². The molecule has 1 amide bonds. The van der Waals surface area contributed by atoms with Crippen molar-refractivity contribution in [2.24, 2.45) is 0 Å². The lowest BCUT2D eigenvalue weighted by molar-refractivity contribution is -0.113. The highest BCUT2D eigenvalue weighted by molar-refractivity contribution is 7.99. The molecule has 0 aliphatic rings. The molecule has 0 aliphatic carbocycles. The Kier molecular flexibility index (Phi) is 7.42. The molecule has 10 nitrogen and oxygen atoms in total. The van der Waals surface area contributed by atoms with E-state index in [1.165, 1.54) is 11.8 Å². The molecule has 0 saturated heterocycles. The second-order valence-corrected chi connectivity index (χ2v) is 11.0. The lowest BCUT2D eigenvalue weighted by Gasteiger charge is -2.12. The van der Waals surface area contributed by atoms with Gasteiger partial charge in [0, 0.05) is 30.1 Å². The lowest BCUT2D eigenvalue weighted by atomic mass is 10.1. The molecule has 0 atom stereocenters. The first-order valence-corrected chi connectivity index (χ1v) is 14.6. The number of benzene rings is 3. The summed E-state index contributed by atoms with van der Waals surface area (Å²) in [6.45, 7) is 6.65. The Bertz CT molecular complexity index is 1940. The van der Waals surface area contributed by atoms with Crippen LogP contribution >= 0.6 is 11.8 Å². The van der Waals surface area contributed by atoms with Crippen molar-refractivity contribution in [2.75, 3.05) is 25.3 Å². The number of nitrogens with zero attached hydrogens (tertiary/aromatic N) is 6. The molecule has 6 rings (SSSR count). The third-order valence-electron chi connectivity index (χ3n) is 7.27. The van der Waals surface area contributed by atoms with Gasteiger partial charge in [-0.05, 0) is 50.1 Å². The van der Waals surface area contributed by atoms with Crippen LogP contribution < -0.4 is 14.8 Å². The van der Waals surface area contributed by atoms with Crippen molar-refractivity contribution in [3.8, 4) is 11.5 Å². The molecule has 1 N–H and O–H groups in total. The highest BCUT2D eigenvalue weighted by atomic mass is 32.2. The number of thioether (sulfide) groups is 1. The molecule has 11 heteroatoms. The molecule has 0 spiro atoms. The average molecular weight is 582 g/mol. The molecule has 0 bridgehead atoms. The summed E-state index contributed by atoms with van der Waals surface area (Å²) in [4.78, 5) is 27.5. The highest BCUT2D eigenvalue weighted by Gasteiger charge is 2.19. The number of hydrogen-bond donors (Lipinski definition) is 1. The summed E-state index contributed by atoms with van der Waals surface area (Å²) in [5, 5.41) is 9.23. The van der Waals surface area contributed by atoms with Gasteiger partial charge >= 0.3 is 0 Å². The average Bonchev–Trinajstić information content (AvgIpc) is 3.56. The van der Waals surface area contributed by atoms with Crippen LogP contribution in [0, 0.1) is 20.8 Å². The predicted molar refractivity (Wildman–Crippen MR) is 165 cm³/mol. The Balaban J connectivity index is 1.34. The number of fused-ring (bicyclic) bond motifs is 4. The van der Waals surface area contributed by atoms with Crippen LogP contribution in [0.1, 0.15) is 22.8 Å². The second-order valence-electron chi connectivity index (χ2n) is 10.0. The molecule has 0 aliphatic heterocycles. The zero-order valence-electron chi connectivity index (χ0n) is 24.1. The number of carbonyl (C=O) groups excluding carboxylic acids is 1. The number of amides is 1. The van der Waals surface area contributed by atoms with E-state index in [-0.39, 0.29) is 11.7 Å². The summed E-state index contributed by atoms with van der Waals surface area (Å²) in [5.41, 5.74) is 6.22. The number of aryl methyl sites for hydroxylation is 5. The second kappa shape index (κ2) is 11.3. The van der Waals surface area contributed by atoms with Crippen LogP contribution in [0.25, 0.3) is 27.6 Å². The van der Waals surface area contributed by atoms with Crippen LogP contribution in [0.4, 0.5) is 5.69 Å². The van der Waals surface area contributed by atoms with E-state index in [0.29, 0.717) is 46.6 Å². The normalized spacial score (nSPS) is 11.5. The molecule has 0 radical (unpaired) electrons. The van der Waals surface area contributed by atoms with Gasteiger partial charge in [0.2, 0.25) is 5.91 Å². The Morgan fingerprint density at radius 1 is 0.905 bits per heavy atom. The van der Waals surface area contributed by atoms with Crippen molar-refractivity contribution in [1.82, 2.24) is 29.1 Å². The van der Waals surface area contributed by atoms with Gasteiger partial charge in [-0.2, -0.15) is 4.52 Å². The van der Waals surface area contributed by atoms with Crippen molar-refractivity contribution in [1.29, 1.82) is 0 Å². The molecule has 3 aromatic heterocycles. The van der Waals surface area contributed by atoms with E-state index in [9.17, 15) is 4.79 Å². The van der Waals surface area contributed by atoms with Gasteiger partial charge in [-0.25, -0.2) is 15.0 Å². The van der Waals surface area contributed by atoms with Crippen LogP contribution in [-0.2, 0) is 17.8 Å². The van der Waals surface area contributed by atoms with Gasteiger partial charge in [0.25, 0.3) is 0 Å². The summed E-state index contributed by atoms with van der Waals surface area (Å²) in [6, 6.07) is 17.7. The van der Waals surface area contributed by atoms with E-state index in [0.717, 1.165) is 39.1 Å². The summed E-state index contributed by atoms with van der Waals surface area (Å²) >= 11 is 1.31. The maximum atomic E-state index is 13.0. The molecular weight excluding hydrogens is 550 g/mol. The van der Waals surface area contributed by atoms with Gasteiger partial charge in [0.1, 0.15) is 5.82 Å². The quantitative estimate of drug-likeness (QED) is 0.175. The third kappa shape index (κ3) is 5.11. The van der Waals surface area contributed by atoms with Crippen molar-refractivity contribution in [3.63, 3.8) is 0 Å². The minimum absolute atomic E-state index is 0.123.